The van der Waals surface area contributed by atoms with Gasteiger partial charge in [0.15, 0.2) is 11.2 Å². The predicted octanol–water partition coefficient (Wildman–Crippen LogP) is 1.20. The predicted molar refractivity (Wildman–Crippen MR) is 120 cm³/mol. The first-order chi connectivity index (χ1) is 15.7. The number of amides is 1. The summed E-state index contributed by atoms with van der Waals surface area (Å²) in [5.41, 5.74) is 1.75. The topological polar surface area (TPSA) is 141 Å². The minimum atomic E-state index is -3.54. The van der Waals surface area contributed by atoms with Gasteiger partial charge in [-0.1, -0.05) is 6.92 Å². The minimum absolute atomic E-state index is 0.0968. The van der Waals surface area contributed by atoms with Crippen molar-refractivity contribution < 1.29 is 22.7 Å². The number of pyridine rings is 1. The van der Waals surface area contributed by atoms with Crippen LogP contribution in [-0.2, 0) is 21.9 Å². The molecule has 1 saturated heterocycles. The fourth-order valence-corrected chi connectivity index (χ4v) is 4.31. The monoisotopic (exact) mass is 475 g/mol. The van der Waals surface area contributed by atoms with E-state index in [1.54, 1.807) is 22.6 Å². The van der Waals surface area contributed by atoms with E-state index in [1.165, 1.54) is 19.6 Å². The molecule has 12 nitrogen and oxygen atoms in total. The van der Waals surface area contributed by atoms with Crippen molar-refractivity contribution in [3.63, 3.8) is 0 Å². The van der Waals surface area contributed by atoms with Crippen LogP contribution in [0.5, 0.6) is 11.8 Å². The fourth-order valence-electron chi connectivity index (χ4n) is 3.77. The maximum absolute atomic E-state index is 12.0. The van der Waals surface area contributed by atoms with Crippen LogP contribution in [0.15, 0.2) is 18.6 Å². The lowest BCUT2D eigenvalue weighted by Crippen LogP contribution is -2.30. The largest absolute Gasteiger partial charge is 0.480 e. The van der Waals surface area contributed by atoms with E-state index in [1.807, 2.05) is 6.92 Å². The third-order valence-electron chi connectivity index (χ3n) is 5.30. The number of carbonyl (C=O) groups excluding carboxylic acids is 1. The molecule has 0 spiro atoms. The molecule has 1 N–H and O–H groups in total. The van der Waals surface area contributed by atoms with Crippen molar-refractivity contribution in [1.29, 1.82) is 0 Å². The molecule has 13 heteroatoms. The van der Waals surface area contributed by atoms with Gasteiger partial charge in [0.05, 0.1) is 19.9 Å². The fraction of sp³-hybridized carbons (Fsp3) is 0.450. The van der Waals surface area contributed by atoms with Gasteiger partial charge >= 0.3 is 0 Å². The van der Waals surface area contributed by atoms with Crippen LogP contribution in [0, 0.1) is 0 Å². The van der Waals surface area contributed by atoms with Crippen molar-refractivity contribution in [1.82, 2.24) is 29.4 Å². The number of anilines is 1. The zero-order valence-electron chi connectivity index (χ0n) is 18.8. The molecule has 3 aromatic rings. The number of imidazole rings is 1. The van der Waals surface area contributed by atoms with E-state index in [0.29, 0.717) is 54.4 Å². The Morgan fingerprint density at radius 1 is 1.27 bits per heavy atom. The van der Waals surface area contributed by atoms with Gasteiger partial charge in [-0.05, 0) is 6.07 Å². The Kier molecular flexibility index (Phi) is 6.06. The molecule has 1 atom stereocenters. The first-order valence-electron chi connectivity index (χ1n) is 10.3. The maximum atomic E-state index is 12.0. The van der Waals surface area contributed by atoms with Crippen LogP contribution < -0.4 is 14.2 Å². The zero-order chi connectivity index (χ0) is 23.8. The lowest BCUT2D eigenvalue weighted by molar-refractivity contribution is -0.130. The number of aromatic nitrogens is 5. The van der Waals surface area contributed by atoms with E-state index in [4.69, 9.17) is 9.47 Å². The Morgan fingerprint density at radius 2 is 2.06 bits per heavy atom. The van der Waals surface area contributed by atoms with Crippen molar-refractivity contribution in [3.05, 3.63) is 18.6 Å². The van der Waals surface area contributed by atoms with Gasteiger partial charge in [0.1, 0.15) is 23.9 Å². The van der Waals surface area contributed by atoms with Crippen LogP contribution >= 0.6 is 0 Å². The summed E-state index contributed by atoms with van der Waals surface area (Å²) in [6.07, 6.45) is 4.96. The molecule has 4 heterocycles. The molecule has 0 saturated carbocycles. The molecule has 1 unspecified atom stereocenters. The van der Waals surface area contributed by atoms with Crippen LogP contribution in [0.4, 0.5) is 5.69 Å². The molecule has 4 rings (SSSR count). The number of rotatable bonds is 7. The highest BCUT2D eigenvalue weighted by atomic mass is 32.2. The van der Waals surface area contributed by atoms with Crippen LogP contribution in [0.1, 0.15) is 19.8 Å². The highest BCUT2D eigenvalue weighted by molar-refractivity contribution is 7.92. The Bertz CT molecular complexity index is 1310. The van der Waals surface area contributed by atoms with E-state index in [-0.39, 0.29) is 23.6 Å². The number of nitrogens with zero attached hydrogens (tertiary/aromatic N) is 6. The lowest BCUT2D eigenvalue weighted by atomic mass is 10.2. The number of likely N-dealkylation sites (tertiary alicyclic amines) is 1. The van der Waals surface area contributed by atoms with Crippen LogP contribution in [0.2, 0.25) is 0 Å². The van der Waals surface area contributed by atoms with Gasteiger partial charge < -0.3 is 18.9 Å². The second-order valence-electron chi connectivity index (χ2n) is 7.72. The maximum Gasteiger partial charge on any atom is 0.245 e. The second kappa shape index (κ2) is 8.81. The minimum Gasteiger partial charge on any atom is -0.480 e. The molecule has 1 amide bonds. The summed E-state index contributed by atoms with van der Waals surface area (Å²) in [4.78, 5) is 31.2. The third-order valence-corrected chi connectivity index (χ3v) is 5.89. The molecule has 1 fully saturated rings. The smallest absolute Gasteiger partial charge is 0.245 e. The first kappa shape index (κ1) is 22.7. The Hall–Kier alpha value is -3.48. The van der Waals surface area contributed by atoms with Gasteiger partial charge in [-0.15, -0.1) is 0 Å². The second-order valence-corrected chi connectivity index (χ2v) is 9.47. The summed E-state index contributed by atoms with van der Waals surface area (Å²) in [5.74, 6) is 1.06. The van der Waals surface area contributed by atoms with Gasteiger partial charge in [-0.2, -0.15) is 4.98 Å². The molecule has 0 aliphatic carbocycles. The number of fused-ring (bicyclic) bond motifs is 1. The summed E-state index contributed by atoms with van der Waals surface area (Å²) < 4.78 is 38.9. The van der Waals surface area contributed by atoms with Crippen molar-refractivity contribution in [2.24, 2.45) is 7.05 Å². The zero-order valence-corrected chi connectivity index (χ0v) is 19.6. The van der Waals surface area contributed by atoms with Crippen molar-refractivity contribution in [2.75, 3.05) is 31.2 Å². The lowest BCUT2D eigenvalue weighted by Gasteiger charge is -2.16. The standard InChI is InChI=1S/C20H25N7O5S/c1-5-15(28)27-7-6-13(10-27)32-20-16-18(22-11-23-20)26(2)17(24-16)12-8-14(25-33(4,29)30)19(31-3)21-9-12/h8-9,11,13,25H,5-7,10H2,1-4H3. The molecule has 1 aliphatic heterocycles. The van der Waals surface area contributed by atoms with Crippen LogP contribution in [0.3, 0.4) is 0 Å². The van der Waals surface area contributed by atoms with E-state index >= 15 is 0 Å². The molecule has 0 aromatic carbocycles. The molecule has 0 bridgehead atoms. The number of sulfonamides is 1. The average Bonchev–Trinajstić information content (AvgIpc) is 3.37. The summed E-state index contributed by atoms with van der Waals surface area (Å²) >= 11 is 0. The number of aryl methyl sites for hydroxylation is 1. The molecule has 176 valence electrons. The number of hydrogen-bond acceptors (Lipinski definition) is 9. The van der Waals surface area contributed by atoms with Gasteiger partial charge in [-0.3, -0.25) is 9.52 Å². The first-order valence-corrected chi connectivity index (χ1v) is 12.2. The third kappa shape index (κ3) is 4.67. The van der Waals surface area contributed by atoms with E-state index in [0.717, 1.165) is 6.26 Å². The van der Waals surface area contributed by atoms with E-state index < -0.39 is 10.0 Å². The number of hydrogen-bond donors (Lipinski definition) is 1. The molecule has 33 heavy (non-hydrogen) atoms. The molecule has 0 radical (unpaired) electrons. The quantitative estimate of drug-likeness (QED) is 0.533. The van der Waals surface area contributed by atoms with Crippen molar-refractivity contribution in [2.45, 2.75) is 25.9 Å². The average molecular weight is 476 g/mol. The number of methoxy groups -OCH3 is 1. The summed E-state index contributed by atoms with van der Waals surface area (Å²) in [5, 5.41) is 0. The number of carbonyl (C=O) groups is 1. The van der Waals surface area contributed by atoms with Gasteiger partial charge in [0.25, 0.3) is 0 Å². The van der Waals surface area contributed by atoms with Crippen LogP contribution in [0.25, 0.3) is 22.6 Å². The summed E-state index contributed by atoms with van der Waals surface area (Å²) in [6.45, 7) is 2.98. The molecular formula is C20H25N7O5S. The molecule has 1 aliphatic rings. The summed E-state index contributed by atoms with van der Waals surface area (Å²) in [6, 6.07) is 1.59. The molecule has 3 aromatic heterocycles. The van der Waals surface area contributed by atoms with Gasteiger partial charge in [0, 0.05) is 38.2 Å². The Morgan fingerprint density at radius 3 is 2.76 bits per heavy atom. The SMILES string of the molecule is CCC(=O)N1CCC(Oc2ncnc3c2nc(-c2cnc(OC)c(NS(C)(=O)=O)c2)n3C)C1. The van der Waals surface area contributed by atoms with E-state index in [2.05, 4.69) is 24.7 Å². The Labute approximate surface area is 191 Å². The normalized spacial score (nSPS) is 16.2. The van der Waals surface area contributed by atoms with Crippen LogP contribution in [-0.4, -0.2) is 76.3 Å². The van der Waals surface area contributed by atoms with Crippen molar-refractivity contribution in [3.8, 4) is 23.1 Å². The number of nitrogens with one attached hydrogen (secondary N) is 1. The highest BCUT2D eigenvalue weighted by Crippen LogP contribution is 2.32. The Balaban J connectivity index is 1.68. The van der Waals surface area contributed by atoms with Crippen molar-refractivity contribution >= 4 is 32.8 Å². The molecular weight excluding hydrogens is 450 g/mol. The number of ether oxygens (including phenoxy) is 2. The van der Waals surface area contributed by atoms with Gasteiger partial charge in [0.2, 0.25) is 27.7 Å². The summed E-state index contributed by atoms with van der Waals surface area (Å²) in [7, 11) is -0.355. The van der Waals surface area contributed by atoms with E-state index in [9.17, 15) is 13.2 Å². The highest BCUT2D eigenvalue weighted by Gasteiger charge is 2.28. The van der Waals surface area contributed by atoms with Gasteiger partial charge in [-0.25, -0.2) is 23.4 Å².